The Morgan fingerprint density at radius 3 is 2.82 bits per heavy atom. The van der Waals surface area contributed by atoms with E-state index in [1.807, 2.05) is 38.2 Å². The van der Waals surface area contributed by atoms with E-state index in [9.17, 15) is 9.59 Å². The van der Waals surface area contributed by atoms with Gasteiger partial charge in [0.15, 0.2) is 0 Å². The van der Waals surface area contributed by atoms with E-state index in [-0.39, 0.29) is 20.8 Å². The van der Waals surface area contributed by atoms with Crippen molar-refractivity contribution in [2.24, 2.45) is 0 Å². The van der Waals surface area contributed by atoms with Gasteiger partial charge in [-0.15, -0.1) is 0 Å². The minimum absolute atomic E-state index is 0. The normalized spacial score (nSPS) is 19.7. The number of aromatic nitrogens is 1. The number of amidine groups is 2. The first kappa shape index (κ1) is 23.4. The highest BCUT2D eigenvalue weighted by molar-refractivity contribution is 6.09. The van der Waals surface area contributed by atoms with Crippen LogP contribution >= 0.6 is 0 Å². The smallest absolute Gasteiger partial charge is 0.317 e. The fraction of sp³-hybridized carbons (Fsp3) is 0.400. The van der Waals surface area contributed by atoms with Crippen LogP contribution < -0.4 is 10.6 Å². The standard InChI is InChI=1S/C25H31N7O2.2H2/c1-3-28-25(34)31-11-9-18-14-29-21(13-19(18)15-31)24(33)30-20-7-4-6-17(12-16(20)2)23(27)32-10-5-8-22(32)26;;/h4,6-7,12-14,20,26-27H,3,5,8-11,15H2,1-2H3,(H,28,34)(H,30,33);2*1H. The van der Waals surface area contributed by atoms with Crippen molar-refractivity contribution in [2.45, 2.75) is 45.7 Å². The van der Waals surface area contributed by atoms with E-state index in [2.05, 4.69) is 15.6 Å². The highest BCUT2D eigenvalue weighted by atomic mass is 16.2. The number of rotatable bonds is 4. The van der Waals surface area contributed by atoms with Gasteiger partial charge in [0.1, 0.15) is 17.4 Å². The van der Waals surface area contributed by atoms with Gasteiger partial charge in [-0.3, -0.25) is 20.6 Å². The number of hydrogen-bond acceptors (Lipinski definition) is 5. The lowest BCUT2D eigenvalue weighted by Crippen LogP contribution is -2.42. The molecule has 0 aromatic carbocycles. The second-order valence-electron chi connectivity index (χ2n) is 8.74. The van der Waals surface area contributed by atoms with Gasteiger partial charge in [0.25, 0.3) is 5.91 Å². The number of amides is 3. The van der Waals surface area contributed by atoms with E-state index in [4.69, 9.17) is 10.8 Å². The van der Waals surface area contributed by atoms with E-state index < -0.39 is 0 Å². The number of pyridine rings is 1. The summed E-state index contributed by atoms with van der Waals surface area (Å²) in [5.41, 5.74) is 3.92. The molecule has 1 fully saturated rings. The minimum atomic E-state index is -0.336. The van der Waals surface area contributed by atoms with Gasteiger partial charge < -0.3 is 20.4 Å². The Labute approximate surface area is 202 Å². The lowest BCUT2D eigenvalue weighted by atomic mass is 10.0. The molecule has 9 heteroatoms. The van der Waals surface area contributed by atoms with Crippen LogP contribution in [0.3, 0.4) is 0 Å². The topological polar surface area (TPSA) is 125 Å². The van der Waals surface area contributed by atoms with E-state index in [1.165, 1.54) is 0 Å². The van der Waals surface area contributed by atoms with Crippen LogP contribution in [-0.2, 0) is 13.0 Å². The van der Waals surface area contributed by atoms with Gasteiger partial charge in [-0.25, -0.2) is 4.79 Å². The number of urea groups is 1. The number of carbonyl (C=O) groups excluding carboxylic acids is 2. The Bertz CT molecular complexity index is 1130. The molecule has 0 bridgehead atoms. The van der Waals surface area contributed by atoms with Gasteiger partial charge in [0.05, 0.1) is 6.04 Å². The molecule has 0 radical (unpaired) electrons. The molecular formula is C25H35N7O2. The van der Waals surface area contributed by atoms with Crippen LogP contribution in [0.15, 0.2) is 47.7 Å². The van der Waals surface area contributed by atoms with Crippen LogP contribution in [-0.4, -0.2) is 64.1 Å². The average Bonchev–Trinajstić information content (AvgIpc) is 3.18. The van der Waals surface area contributed by atoms with Crippen molar-refractivity contribution >= 4 is 23.6 Å². The summed E-state index contributed by atoms with van der Waals surface area (Å²) in [7, 11) is 0. The molecule has 1 aromatic rings. The largest absolute Gasteiger partial charge is 0.341 e. The molecular weight excluding hydrogens is 430 g/mol. The quantitative estimate of drug-likeness (QED) is 0.402. The third-order valence-corrected chi connectivity index (χ3v) is 6.35. The molecule has 34 heavy (non-hydrogen) atoms. The van der Waals surface area contributed by atoms with Gasteiger partial charge in [-0.2, -0.15) is 0 Å². The fourth-order valence-electron chi connectivity index (χ4n) is 4.41. The minimum Gasteiger partial charge on any atom is -0.341 e. The predicted molar refractivity (Wildman–Crippen MR) is 135 cm³/mol. The summed E-state index contributed by atoms with van der Waals surface area (Å²) in [6, 6.07) is 1.34. The number of nitrogens with one attached hydrogen (secondary N) is 4. The van der Waals surface area contributed by atoms with Crippen LogP contribution in [0.25, 0.3) is 0 Å². The SMILES string of the molecule is CCNC(=O)N1CCc2cnc(C(=O)NC3C=CC=C(C(=N)N4CCCC4=N)C=C3C)cc2C1.[HH].[HH]. The fourth-order valence-corrected chi connectivity index (χ4v) is 4.41. The summed E-state index contributed by atoms with van der Waals surface area (Å²) in [5, 5.41) is 22.4. The number of allylic oxidation sites excluding steroid dienone is 2. The van der Waals surface area contributed by atoms with Crippen molar-refractivity contribution in [2.75, 3.05) is 19.6 Å². The average molecular weight is 466 g/mol. The Balaban J connectivity index is 0.00000228. The molecule has 1 atom stereocenters. The second-order valence-corrected chi connectivity index (χ2v) is 8.74. The first-order valence-electron chi connectivity index (χ1n) is 11.7. The molecule has 0 saturated carbocycles. The Morgan fingerprint density at radius 1 is 1.26 bits per heavy atom. The zero-order valence-corrected chi connectivity index (χ0v) is 19.6. The number of carbonyl (C=O) groups is 2. The monoisotopic (exact) mass is 465 g/mol. The maximum atomic E-state index is 13.0. The van der Waals surface area contributed by atoms with Crippen molar-refractivity contribution in [1.82, 2.24) is 25.4 Å². The first-order chi connectivity index (χ1) is 16.4. The van der Waals surface area contributed by atoms with Gasteiger partial charge in [0.2, 0.25) is 0 Å². The molecule has 0 spiro atoms. The summed E-state index contributed by atoms with van der Waals surface area (Å²) in [5.74, 6) is 0.492. The Kier molecular flexibility index (Phi) is 6.90. The maximum Gasteiger partial charge on any atom is 0.317 e. The number of nitrogens with zero attached hydrogens (tertiary/aromatic N) is 3. The van der Waals surface area contributed by atoms with Gasteiger partial charge in [-0.1, -0.05) is 18.2 Å². The molecule has 3 aliphatic rings. The molecule has 4 rings (SSSR count). The highest BCUT2D eigenvalue weighted by Gasteiger charge is 2.25. The number of hydrogen-bond donors (Lipinski definition) is 4. The Hall–Kier alpha value is -3.75. The number of likely N-dealkylation sites (tertiary alicyclic amines) is 1. The van der Waals surface area contributed by atoms with Gasteiger partial charge >= 0.3 is 6.03 Å². The van der Waals surface area contributed by atoms with Crippen LogP contribution in [0.5, 0.6) is 0 Å². The maximum absolute atomic E-state index is 13.0. The second kappa shape index (κ2) is 10.0. The van der Waals surface area contributed by atoms with E-state index in [0.717, 1.165) is 28.7 Å². The zero-order valence-electron chi connectivity index (χ0n) is 19.6. The highest BCUT2D eigenvalue weighted by Crippen LogP contribution is 2.21. The van der Waals surface area contributed by atoms with Crippen molar-refractivity contribution in [3.05, 3.63) is 64.5 Å². The van der Waals surface area contributed by atoms with E-state index in [1.54, 1.807) is 22.1 Å². The lowest BCUT2D eigenvalue weighted by Gasteiger charge is -2.29. The van der Waals surface area contributed by atoms with Gasteiger partial charge in [0, 0.05) is 47.2 Å². The summed E-state index contributed by atoms with van der Waals surface area (Å²) in [6.07, 6.45) is 11.5. The van der Waals surface area contributed by atoms with E-state index in [0.29, 0.717) is 56.4 Å². The van der Waals surface area contributed by atoms with Crippen LogP contribution in [0.4, 0.5) is 4.79 Å². The van der Waals surface area contributed by atoms with Crippen molar-refractivity contribution in [3.8, 4) is 0 Å². The molecule has 1 unspecified atom stereocenters. The van der Waals surface area contributed by atoms with Gasteiger partial charge in [-0.05, 0) is 55.5 Å². The molecule has 182 valence electrons. The molecule has 3 heterocycles. The lowest BCUT2D eigenvalue weighted by molar-refractivity contribution is 0.0943. The van der Waals surface area contributed by atoms with Crippen LogP contribution in [0, 0.1) is 10.8 Å². The van der Waals surface area contributed by atoms with Crippen molar-refractivity contribution < 1.29 is 12.4 Å². The third kappa shape index (κ3) is 4.93. The van der Waals surface area contributed by atoms with E-state index >= 15 is 0 Å². The molecule has 1 aliphatic carbocycles. The third-order valence-electron chi connectivity index (χ3n) is 6.35. The Morgan fingerprint density at radius 2 is 2.09 bits per heavy atom. The molecule has 9 nitrogen and oxygen atoms in total. The molecule has 2 aliphatic heterocycles. The first-order valence-corrected chi connectivity index (χ1v) is 11.7. The summed E-state index contributed by atoms with van der Waals surface area (Å²) in [4.78, 5) is 33.1. The molecule has 3 amide bonds. The predicted octanol–water partition coefficient (Wildman–Crippen LogP) is 3.25. The molecule has 4 N–H and O–H groups in total. The summed E-state index contributed by atoms with van der Waals surface area (Å²) >= 11 is 0. The van der Waals surface area contributed by atoms with Crippen molar-refractivity contribution in [3.63, 3.8) is 0 Å². The van der Waals surface area contributed by atoms with Crippen LogP contribution in [0.1, 0.15) is 51.2 Å². The molecule has 1 saturated heterocycles. The summed E-state index contributed by atoms with van der Waals surface area (Å²) in [6.45, 7) is 6.15. The number of fused-ring (bicyclic) bond motifs is 1. The molecule has 1 aromatic heterocycles. The summed E-state index contributed by atoms with van der Waals surface area (Å²) < 4.78 is 0. The van der Waals surface area contributed by atoms with Crippen LogP contribution in [0.2, 0.25) is 0 Å². The zero-order chi connectivity index (χ0) is 24.2. The van der Waals surface area contributed by atoms with Crippen molar-refractivity contribution in [1.29, 1.82) is 10.8 Å².